The highest BCUT2D eigenvalue weighted by molar-refractivity contribution is 6.33. The van der Waals surface area contributed by atoms with Crippen LogP contribution in [0, 0.1) is 11.5 Å². The Morgan fingerprint density at radius 1 is 1.08 bits per heavy atom. The maximum Gasteiger partial charge on any atom is 0.338 e. The highest BCUT2D eigenvalue weighted by Gasteiger charge is 2.42. The Bertz CT molecular complexity index is 1170. The Hall–Kier alpha value is -3.44. The molecule has 8 nitrogen and oxygen atoms in total. The van der Waals surface area contributed by atoms with Gasteiger partial charge in [0.15, 0.2) is 6.19 Å². The predicted octanol–water partition coefficient (Wildman–Crippen LogP) is 5.12. The number of carbonyl (C=O) groups excluding carboxylic acids is 3. The van der Waals surface area contributed by atoms with Crippen molar-refractivity contribution in [1.82, 2.24) is 15.2 Å². The summed E-state index contributed by atoms with van der Waals surface area (Å²) in [6, 6.07) is 8.03. The molecule has 1 heterocycles. The molecule has 1 N–H and O–H groups in total. The molecule has 0 atom stereocenters. The van der Waals surface area contributed by atoms with Gasteiger partial charge in [0.1, 0.15) is 11.1 Å². The van der Waals surface area contributed by atoms with Gasteiger partial charge >= 0.3 is 5.97 Å². The van der Waals surface area contributed by atoms with Crippen molar-refractivity contribution < 1.29 is 19.1 Å². The lowest BCUT2D eigenvalue weighted by molar-refractivity contribution is -0.134. The molecule has 2 amide bonds. The second kappa shape index (κ2) is 11.1. The first-order chi connectivity index (χ1) is 17.0. The Morgan fingerprint density at radius 3 is 2.28 bits per heavy atom. The number of pyridine rings is 1. The molecule has 0 spiro atoms. The van der Waals surface area contributed by atoms with Crippen molar-refractivity contribution in [2.45, 2.75) is 70.4 Å². The summed E-state index contributed by atoms with van der Waals surface area (Å²) < 4.78 is 5.43. The molecule has 1 aliphatic carbocycles. The fraction of sp³-hybridized carbons (Fsp3) is 0.444. The van der Waals surface area contributed by atoms with Gasteiger partial charge in [-0.15, -0.1) is 0 Å². The zero-order valence-corrected chi connectivity index (χ0v) is 21.8. The smallest absolute Gasteiger partial charge is 0.338 e. The summed E-state index contributed by atoms with van der Waals surface area (Å²) in [5.74, 6) is -1.32. The summed E-state index contributed by atoms with van der Waals surface area (Å²) in [7, 11) is 1.41. The summed E-state index contributed by atoms with van der Waals surface area (Å²) in [4.78, 5) is 44.0. The van der Waals surface area contributed by atoms with Crippen LogP contribution in [0.5, 0.6) is 0 Å². The SMILES string of the molecule is CN(C#N)C(=O)C1(NC(=O)c2ccc(-c3cc(C(=O)OC(C)(C)C)ccc3Cl)nc2)CCCCCC1. The van der Waals surface area contributed by atoms with Crippen LogP contribution in [0.1, 0.15) is 80.0 Å². The number of aromatic nitrogens is 1. The van der Waals surface area contributed by atoms with Gasteiger partial charge in [-0.25, -0.2) is 4.79 Å². The minimum atomic E-state index is -1.12. The van der Waals surface area contributed by atoms with E-state index in [2.05, 4.69) is 10.3 Å². The summed E-state index contributed by atoms with van der Waals surface area (Å²) in [6.07, 6.45) is 7.72. The summed E-state index contributed by atoms with van der Waals surface area (Å²) in [5.41, 5.74) is -0.147. The number of nitrogens with one attached hydrogen (secondary N) is 1. The van der Waals surface area contributed by atoms with E-state index in [0.717, 1.165) is 30.6 Å². The Morgan fingerprint density at radius 2 is 1.72 bits per heavy atom. The van der Waals surface area contributed by atoms with Gasteiger partial charge in [0.05, 0.1) is 21.8 Å². The van der Waals surface area contributed by atoms with Gasteiger partial charge in [0.2, 0.25) is 0 Å². The van der Waals surface area contributed by atoms with Crippen LogP contribution < -0.4 is 5.32 Å². The Balaban J connectivity index is 1.84. The zero-order chi connectivity index (χ0) is 26.5. The highest BCUT2D eigenvalue weighted by atomic mass is 35.5. The van der Waals surface area contributed by atoms with E-state index in [1.807, 2.05) is 6.19 Å². The molecular weight excluding hydrogens is 480 g/mol. The number of amides is 2. The average Bonchev–Trinajstić information content (AvgIpc) is 3.08. The fourth-order valence-electron chi connectivity index (χ4n) is 4.25. The molecule has 36 heavy (non-hydrogen) atoms. The van der Waals surface area contributed by atoms with E-state index in [-0.39, 0.29) is 5.56 Å². The van der Waals surface area contributed by atoms with Crippen molar-refractivity contribution in [3.05, 3.63) is 52.7 Å². The summed E-state index contributed by atoms with van der Waals surface area (Å²) in [6.45, 7) is 5.37. The predicted molar refractivity (Wildman–Crippen MR) is 136 cm³/mol. The molecule has 1 aromatic carbocycles. The van der Waals surface area contributed by atoms with Crippen LogP contribution in [0.2, 0.25) is 5.02 Å². The number of esters is 1. The van der Waals surface area contributed by atoms with Gasteiger partial charge in [-0.3, -0.25) is 19.5 Å². The van der Waals surface area contributed by atoms with E-state index in [1.165, 1.54) is 13.2 Å². The molecule has 1 saturated carbocycles. The third kappa shape index (κ3) is 6.41. The number of likely N-dealkylation sites (N-methyl/N-ethyl adjacent to an activating group) is 1. The first kappa shape index (κ1) is 27.2. The van der Waals surface area contributed by atoms with Gasteiger partial charge in [-0.05, 0) is 63.9 Å². The normalized spacial score (nSPS) is 15.2. The standard InChI is InChI=1S/C27H31ClN4O4/c1-26(2,3)36-24(34)18-9-11-21(28)20(15-18)22-12-10-19(16-30-22)23(33)31-27(25(35)32(4)17-29)13-7-5-6-8-14-27/h9-12,15-16H,5-8,13-14H2,1-4H3,(H,31,33). The molecule has 9 heteroatoms. The van der Waals surface area contributed by atoms with E-state index in [0.29, 0.717) is 34.7 Å². The van der Waals surface area contributed by atoms with Crippen LogP contribution in [-0.2, 0) is 9.53 Å². The maximum atomic E-state index is 13.1. The lowest BCUT2D eigenvalue weighted by Crippen LogP contribution is -2.58. The van der Waals surface area contributed by atoms with Crippen molar-refractivity contribution in [3.63, 3.8) is 0 Å². The summed E-state index contributed by atoms with van der Waals surface area (Å²) >= 11 is 6.37. The third-order valence-electron chi connectivity index (χ3n) is 6.08. The van der Waals surface area contributed by atoms with E-state index in [1.54, 1.807) is 51.1 Å². The molecule has 0 unspecified atom stereocenters. The van der Waals surface area contributed by atoms with Crippen LogP contribution in [0.15, 0.2) is 36.5 Å². The number of benzene rings is 1. The Kier molecular flexibility index (Phi) is 8.36. The van der Waals surface area contributed by atoms with E-state index < -0.39 is 28.9 Å². The first-order valence-corrected chi connectivity index (χ1v) is 12.3. The largest absolute Gasteiger partial charge is 0.456 e. The lowest BCUT2D eigenvalue weighted by Gasteiger charge is -2.33. The molecule has 1 aromatic heterocycles. The number of hydrogen-bond donors (Lipinski definition) is 1. The highest BCUT2D eigenvalue weighted by Crippen LogP contribution is 2.31. The second-order valence-electron chi connectivity index (χ2n) is 10.0. The van der Waals surface area contributed by atoms with Gasteiger partial charge in [-0.1, -0.05) is 37.3 Å². The molecule has 0 radical (unpaired) electrons. The van der Waals surface area contributed by atoms with Gasteiger partial charge in [0.25, 0.3) is 11.8 Å². The van der Waals surface area contributed by atoms with Crippen molar-refractivity contribution in [1.29, 1.82) is 5.26 Å². The van der Waals surface area contributed by atoms with E-state index >= 15 is 0 Å². The number of ether oxygens (including phenoxy) is 1. The van der Waals surface area contributed by atoms with Crippen LogP contribution in [0.25, 0.3) is 11.3 Å². The molecule has 0 saturated heterocycles. The number of nitrogens with zero attached hydrogens (tertiary/aromatic N) is 3. The second-order valence-corrected chi connectivity index (χ2v) is 10.5. The van der Waals surface area contributed by atoms with E-state index in [9.17, 15) is 19.6 Å². The van der Waals surface area contributed by atoms with Crippen molar-refractivity contribution in [2.75, 3.05) is 7.05 Å². The molecule has 0 aliphatic heterocycles. The molecule has 0 bridgehead atoms. The fourth-order valence-corrected chi connectivity index (χ4v) is 4.47. The van der Waals surface area contributed by atoms with Crippen LogP contribution in [0.4, 0.5) is 0 Å². The van der Waals surface area contributed by atoms with Crippen LogP contribution in [0.3, 0.4) is 0 Å². The number of rotatable bonds is 5. The zero-order valence-electron chi connectivity index (χ0n) is 21.1. The molecule has 1 fully saturated rings. The quantitative estimate of drug-likeness (QED) is 0.258. The number of halogens is 1. The summed E-state index contributed by atoms with van der Waals surface area (Å²) in [5, 5.41) is 12.5. The average molecular weight is 511 g/mol. The molecule has 1 aliphatic rings. The van der Waals surface area contributed by atoms with Crippen LogP contribution in [-0.4, -0.2) is 45.9 Å². The van der Waals surface area contributed by atoms with Crippen LogP contribution >= 0.6 is 11.6 Å². The molecule has 2 aromatic rings. The third-order valence-corrected chi connectivity index (χ3v) is 6.41. The van der Waals surface area contributed by atoms with Crippen molar-refractivity contribution >= 4 is 29.4 Å². The molecule has 3 rings (SSSR count). The minimum absolute atomic E-state index is 0.272. The van der Waals surface area contributed by atoms with Crippen molar-refractivity contribution in [2.24, 2.45) is 0 Å². The van der Waals surface area contributed by atoms with Crippen molar-refractivity contribution in [3.8, 4) is 17.5 Å². The monoisotopic (exact) mass is 510 g/mol. The first-order valence-electron chi connectivity index (χ1n) is 12.0. The maximum absolute atomic E-state index is 13.1. The molecular formula is C27H31ClN4O4. The Labute approximate surface area is 216 Å². The topological polar surface area (TPSA) is 112 Å². The van der Waals surface area contributed by atoms with Gasteiger partial charge in [-0.2, -0.15) is 5.26 Å². The van der Waals surface area contributed by atoms with Gasteiger partial charge < -0.3 is 10.1 Å². The van der Waals surface area contributed by atoms with Gasteiger partial charge in [0, 0.05) is 18.8 Å². The number of carbonyl (C=O) groups is 3. The number of hydrogen-bond acceptors (Lipinski definition) is 6. The van der Waals surface area contributed by atoms with E-state index in [4.69, 9.17) is 16.3 Å². The number of nitriles is 1. The minimum Gasteiger partial charge on any atom is -0.456 e. The lowest BCUT2D eigenvalue weighted by atomic mass is 9.88. The molecule has 190 valence electrons.